The summed E-state index contributed by atoms with van der Waals surface area (Å²) in [7, 11) is 0. The van der Waals surface area contributed by atoms with Gasteiger partial charge in [-0.05, 0) is 31.0 Å². The van der Waals surface area contributed by atoms with Gasteiger partial charge in [0.05, 0.1) is 11.9 Å². The van der Waals surface area contributed by atoms with Crippen molar-refractivity contribution in [1.29, 1.82) is 0 Å². The molecular formula is C17H19N5. The van der Waals surface area contributed by atoms with Gasteiger partial charge in [0.1, 0.15) is 5.69 Å². The van der Waals surface area contributed by atoms with Crippen molar-refractivity contribution in [2.45, 2.75) is 24.9 Å². The van der Waals surface area contributed by atoms with Gasteiger partial charge in [0.2, 0.25) is 5.95 Å². The van der Waals surface area contributed by atoms with Crippen molar-refractivity contribution in [3.05, 3.63) is 54.4 Å². The lowest BCUT2D eigenvalue weighted by Crippen LogP contribution is -2.38. The summed E-state index contributed by atoms with van der Waals surface area (Å²) < 4.78 is 0. The summed E-state index contributed by atoms with van der Waals surface area (Å²) in [5.41, 5.74) is 3.27. The number of piperidine rings is 1. The van der Waals surface area contributed by atoms with Gasteiger partial charge in [-0.15, -0.1) is 0 Å². The highest BCUT2D eigenvalue weighted by Gasteiger charge is 2.23. The molecule has 3 aliphatic rings. The van der Waals surface area contributed by atoms with E-state index in [1.165, 1.54) is 5.56 Å². The number of aromatic amines is 1. The Hall–Kier alpha value is -2.40. The first-order valence-corrected chi connectivity index (χ1v) is 7.73. The molecule has 0 aliphatic carbocycles. The number of anilines is 1. The molecular weight excluding hydrogens is 274 g/mol. The zero-order chi connectivity index (χ0) is 14.8. The van der Waals surface area contributed by atoms with Crippen molar-refractivity contribution < 1.29 is 0 Å². The number of nitrogens with one attached hydrogen (secondary N) is 3. The summed E-state index contributed by atoms with van der Waals surface area (Å²) in [5.74, 6) is 0.819. The third-order valence-electron chi connectivity index (χ3n) is 4.25. The zero-order valence-corrected chi connectivity index (χ0v) is 12.3. The number of rotatable bonds is 3. The molecule has 3 heterocycles. The normalized spacial score (nSPS) is 21.8. The molecule has 0 radical (unpaired) electrons. The zero-order valence-electron chi connectivity index (χ0n) is 12.3. The Morgan fingerprint density at radius 1 is 1.09 bits per heavy atom. The van der Waals surface area contributed by atoms with E-state index >= 15 is 0 Å². The van der Waals surface area contributed by atoms with Crippen molar-refractivity contribution in [3.8, 4) is 11.4 Å². The SMILES string of the molecule is c1ccc(C2CC(Nc3ncc4nccc-4[nH]3)CCN2)cc1. The van der Waals surface area contributed by atoms with E-state index in [9.17, 15) is 0 Å². The summed E-state index contributed by atoms with van der Waals surface area (Å²) in [6, 6.07) is 13.4. The maximum absolute atomic E-state index is 4.42. The molecule has 1 aromatic carbocycles. The highest BCUT2D eigenvalue weighted by atomic mass is 15.1. The molecule has 0 spiro atoms. The third-order valence-corrected chi connectivity index (χ3v) is 4.25. The Bertz CT molecular complexity index is 708. The number of benzene rings is 1. The molecule has 1 saturated heterocycles. The lowest BCUT2D eigenvalue weighted by molar-refractivity contribution is 0.383. The molecule has 112 valence electrons. The number of aromatic nitrogens is 3. The molecule has 1 aromatic rings. The van der Waals surface area contributed by atoms with Gasteiger partial charge in [-0.25, -0.2) is 4.98 Å². The van der Waals surface area contributed by atoms with E-state index in [0.717, 1.165) is 36.7 Å². The maximum Gasteiger partial charge on any atom is 0.200 e. The van der Waals surface area contributed by atoms with Gasteiger partial charge < -0.3 is 15.6 Å². The second-order valence-corrected chi connectivity index (χ2v) is 5.76. The highest BCUT2D eigenvalue weighted by Crippen LogP contribution is 2.25. The van der Waals surface area contributed by atoms with Gasteiger partial charge in [-0.2, -0.15) is 0 Å². The number of hydrogen-bond acceptors (Lipinski definition) is 4. The maximum atomic E-state index is 4.42. The summed E-state index contributed by atoms with van der Waals surface area (Å²) >= 11 is 0. The van der Waals surface area contributed by atoms with Crippen LogP contribution in [-0.2, 0) is 0 Å². The van der Waals surface area contributed by atoms with Crippen LogP contribution < -0.4 is 10.6 Å². The monoisotopic (exact) mass is 293 g/mol. The molecule has 2 unspecified atom stereocenters. The van der Waals surface area contributed by atoms with Crippen molar-refractivity contribution >= 4 is 5.95 Å². The van der Waals surface area contributed by atoms with E-state index in [1.807, 2.05) is 12.3 Å². The summed E-state index contributed by atoms with van der Waals surface area (Å²) in [6.07, 6.45) is 5.75. The average Bonchev–Trinajstić information content (AvgIpc) is 3.04. The van der Waals surface area contributed by atoms with Crippen LogP contribution in [0, 0.1) is 0 Å². The van der Waals surface area contributed by atoms with Crippen LogP contribution in [0.4, 0.5) is 5.95 Å². The van der Waals surface area contributed by atoms with Gasteiger partial charge in [-0.3, -0.25) is 4.98 Å². The molecule has 0 saturated carbocycles. The van der Waals surface area contributed by atoms with Crippen LogP contribution in [0.2, 0.25) is 0 Å². The fourth-order valence-electron chi connectivity index (χ4n) is 3.10. The number of H-pyrrole nitrogens is 1. The second kappa shape index (κ2) is 5.77. The molecule has 5 heteroatoms. The smallest absolute Gasteiger partial charge is 0.200 e. The fourth-order valence-corrected chi connectivity index (χ4v) is 3.10. The van der Waals surface area contributed by atoms with Crippen LogP contribution in [0.5, 0.6) is 0 Å². The Morgan fingerprint density at radius 3 is 2.91 bits per heavy atom. The topological polar surface area (TPSA) is 65.6 Å². The van der Waals surface area contributed by atoms with Gasteiger partial charge in [-0.1, -0.05) is 30.3 Å². The van der Waals surface area contributed by atoms with Gasteiger partial charge in [0, 0.05) is 18.3 Å². The molecule has 1 fully saturated rings. The van der Waals surface area contributed by atoms with Crippen molar-refractivity contribution in [3.63, 3.8) is 0 Å². The van der Waals surface area contributed by atoms with E-state index < -0.39 is 0 Å². The Kier molecular flexibility index (Phi) is 3.48. The molecule has 3 N–H and O–H groups in total. The lowest BCUT2D eigenvalue weighted by atomic mass is 9.94. The molecule has 0 amide bonds. The van der Waals surface area contributed by atoms with Crippen LogP contribution in [0.15, 0.2) is 48.8 Å². The molecule has 0 bridgehead atoms. The highest BCUT2D eigenvalue weighted by molar-refractivity contribution is 5.56. The third kappa shape index (κ3) is 2.67. The fraction of sp³-hybridized carbons (Fsp3) is 0.294. The van der Waals surface area contributed by atoms with Crippen molar-refractivity contribution in [2.75, 3.05) is 11.9 Å². The van der Waals surface area contributed by atoms with Crippen molar-refractivity contribution in [2.24, 2.45) is 0 Å². The van der Waals surface area contributed by atoms with Crippen LogP contribution in [0.3, 0.4) is 0 Å². The predicted octanol–water partition coefficient (Wildman–Crippen LogP) is 2.81. The van der Waals surface area contributed by atoms with Crippen LogP contribution >= 0.6 is 0 Å². The van der Waals surface area contributed by atoms with Gasteiger partial charge in [0.15, 0.2) is 0 Å². The molecule has 4 rings (SSSR count). The van der Waals surface area contributed by atoms with Gasteiger partial charge >= 0.3 is 0 Å². The predicted molar refractivity (Wildman–Crippen MR) is 86.8 cm³/mol. The number of hydrogen-bond donors (Lipinski definition) is 3. The van der Waals surface area contributed by atoms with E-state index in [4.69, 9.17) is 0 Å². The van der Waals surface area contributed by atoms with Crippen LogP contribution in [0.1, 0.15) is 24.4 Å². The molecule has 5 nitrogen and oxygen atoms in total. The number of nitrogens with zero attached hydrogens (tertiary/aromatic N) is 2. The Balaban J connectivity index is 1.47. The van der Waals surface area contributed by atoms with Crippen LogP contribution in [0.25, 0.3) is 11.4 Å². The minimum Gasteiger partial charge on any atom is -0.353 e. The standard InChI is InChI=1S/C17H19N5/c1-2-4-12(5-3-1)15-10-13(6-8-18-15)21-17-20-11-16-14(22-17)7-9-19-16/h1-5,7,9,11,13,15,18H,6,8,10H2,(H2,20,21,22). The Labute approximate surface area is 129 Å². The first kappa shape index (κ1) is 13.3. The average molecular weight is 293 g/mol. The molecule has 2 atom stereocenters. The van der Waals surface area contributed by atoms with Gasteiger partial charge in [0.25, 0.3) is 0 Å². The van der Waals surface area contributed by atoms with Crippen LogP contribution in [-0.4, -0.2) is 27.5 Å². The van der Waals surface area contributed by atoms with Crippen molar-refractivity contribution in [1.82, 2.24) is 20.3 Å². The molecule has 22 heavy (non-hydrogen) atoms. The summed E-state index contributed by atoms with van der Waals surface area (Å²) in [6.45, 7) is 1.01. The lowest BCUT2D eigenvalue weighted by Gasteiger charge is -2.31. The van der Waals surface area contributed by atoms with E-state index in [1.54, 1.807) is 6.20 Å². The quantitative estimate of drug-likeness (QED) is 0.695. The Morgan fingerprint density at radius 2 is 2.00 bits per heavy atom. The van der Waals surface area contributed by atoms with E-state index in [-0.39, 0.29) is 0 Å². The number of fused-ring (bicyclic) bond motifs is 1. The largest absolute Gasteiger partial charge is 0.353 e. The first-order chi connectivity index (χ1) is 10.9. The minimum absolute atomic E-state index is 0.400. The second-order valence-electron chi connectivity index (χ2n) is 5.76. The summed E-state index contributed by atoms with van der Waals surface area (Å²) in [4.78, 5) is 12.0. The molecule has 0 aromatic heterocycles. The van der Waals surface area contributed by atoms with E-state index in [0.29, 0.717) is 12.1 Å². The molecule has 3 aliphatic heterocycles. The minimum atomic E-state index is 0.400. The van der Waals surface area contributed by atoms with E-state index in [2.05, 4.69) is 55.9 Å². The first-order valence-electron chi connectivity index (χ1n) is 7.73. The summed E-state index contributed by atoms with van der Waals surface area (Å²) in [5, 5.41) is 7.12.